The number of carbonyl (C=O) groups is 2. The Morgan fingerprint density at radius 1 is 1.07 bits per heavy atom. The lowest BCUT2D eigenvalue weighted by Gasteiger charge is -2.35. The molecule has 0 aromatic heterocycles. The van der Waals surface area contributed by atoms with Crippen molar-refractivity contribution in [3.63, 3.8) is 0 Å². The molecule has 0 radical (unpaired) electrons. The van der Waals surface area contributed by atoms with E-state index in [9.17, 15) is 9.59 Å². The van der Waals surface area contributed by atoms with Crippen LogP contribution >= 0.6 is 11.6 Å². The first-order valence-electron chi connectivity index (χ1n) is 15.8. The van der Waals surface area contributed by atoms with E-state index in [1.807, 2.05) is 19.1 Å². The second kappa shape index (κ2) is 13.8. The minimum atomic E-state index is -1.85. The maximum atomic E-state index is 16.4. The molecule has 3 heterocycles. The number of anilines is 1. The van der Waals surface area contributed by atoms with Crippen molar-refractivity contribution in [3.8, 4) is 0 Å². The summed E-state index contributed by atoms with van der Waals surface area (Å²) in [6.45, 7) is 6.33. The topological polar surface area (TPSA) is 74.4 Å². The van der Waals surface area contributed by atoms with E-state index in [0.29, 0.717) is 50.0 Å². The van der Waals surface area contributed by atoms with Gasteiger partial charge in [0.15, 0.2) is 0 Å². The Kier molecular flexibility index (Phi) is 10.3. The number of alkyl halides is 1. The highest BCUT2D eigenvalue weighted by Crippen LogP contribution is 2.42. The average Bonchev–Trinajstić information content (AvgIpc) is 3.62. The van der Waals surface area contributed by atoms with Crippen molar-refractivity contribution in [1.29, 1.82) is 0 Å². The third-order valence-corrected chi connectivity index (χ3v) is 10.4. The molecule has 3 atom stereocenters. The molecule has 0 bridgehead atoms. The molecule has 4 fully saturated rings. The second-order valence-corrected chi connectivity index (χ2v) is 13.2. The molecule has 0 spiro atoms. The van der Waals surface area contributed by atoms with Gasteiger partial charge in [-0.15, -0.1) is 0 Å². The van der Waals surface area contributed by atoms with Crippen LogP contribution in [0.25, 0.3) is 0 Å². The summed E-state index contributed by atoms with van der Waals surface area (Å²) in [5.41, 5.74) is 0.309. The predicted octanol–water partition coefficient (Wildman–Crippen LogP) is 4.25. The molecule has 234 valence electrons. The van der Waals surface area contributed by atoms with Gasteiger partial charge in [0.25, 0.3) is 5.91 Å². The molecular weight excluding hydrogens is 559 g/mol. The van der Waals surface area contributed by atoms with Crippen LogP contribution in [0, 0.1) is 11.8 Å². The van der Waals surface area contributed by atoms with Crippen molar-refractivity contribution < 1.29 is 23.5 Å². The fourth-order valence-corrected chi connectivity index (χ4v) is 7.96. The van der Waals surface area contributed by atoms with Crippen LogP contribution in [-0.4, -0.2) is 106 Å². The van der Waals surface area contributed by atoms with Crippen molar-refractivity contribution in [2.24, 2.45) is 11.8 Å². The summed E-state index contributed by atoms with van der Waals surface area (Å²) >= 11 is 6.50. The van der Waals surface area contributed by atoms with Gasteiger partial charge in [-0.1, -0.05) is 17.7 Å². The summed E-state index contributed by atoms with van der Waals surface area (Å²) in [5, 5.41) is 3.61. The van der Waals surface area contributed by atoms with Gasteiger partial charge in [0.2, 0.25) is 11.6 Å². The van der Waals surface area contributed by atoms with Crippen LogP contribution in [0.3, 0.4) is 0 Å². The fourth-order valence-electron chi connectivity index (χ4n) is 7.79. The molecule has 1 N–H and O–H groups in total. The first-order valence-corrected chi connectivity index (χ1v) is 16.2. The number of halogens is 2. The molecule has 1 aliphatic carbocycles. The molecule has 2 amide bonds. The lowest BCUT2D eigenvalue weighted by molar-refractivity contribution is -0.142. The van der Waals surface area contributed by atoms with E-state index in [4.69, 9.17) is 21.1 Å². The highest BCUT2D eigenvalue weighted by Gasteiger charge is 2.51. The van der Waals surface area contributed by atoms with E-state index in [2.05, 4.69) is 21.2 Å². The molecule has 8 nitrogen and oxygen atoms in total. The van der Waals surface area contributed by atoms with Crippen LogP contribution in [0.2, 0.25) is 5.02 Å². The summed E-state index contributed by atoms with van der Waals surface area (Å²) in [4.78, 5) is 32.5. The number of nitrogens with zero attached hydrogens (tertiary/aromatic N) is 3. The van der Waals surface area contributed by atoms with Crippen LogP contribution in [0.5, 0.6) is 0 Å². The predicted molar refractivity (Wildman–Crippen MR) is 163 cm³/mol. The van der Waals surface area contributed by atoms with Gasteiger partial charge in [-0.05, 0) is 63.1 Å². The Morgan fingerprint density at radius 2 is 1.81 bits per heavy atom. The summed E-state index contributed by atoms with van der Waals surface area (Å²) < 4.78 is 27.5. The highest BCUT2D eigenvalue weighted by molar-refractivity contribution is 6.30. The second-order valence-electron chi connectivity index (χ2n) is 12.7. The van der Waals surface area contributed by atoms with Crippen LogP contribution in [0.1, 0.15) is 63.4 Å². The summed E-state index contributed by atoms with van der Waals surface area (Å²) in [5.74, 6) is -0.171. The molecule has 42 heavy (non-hydrogen) atoms. The molecule has 1 aromatic carbocycles. The molecule has 1 aromatic rings. The number of amides is 2. The van der Waals surface area contributed by atoms with Gasteiger partial charge >= 0.3 is 0 Å². The highest BCUT2D eigenvalue weighted by atomic mass is 35.5. The summed E-state index contributed by atoms with van der Waals surface area (Å²) in [6, 6.07) is 6.29. The zero-order valence-corrected chi connectivity index (χ0v) is 26.2. The van der Waals surface area contributed by atoms with Crippen molar-refractivity contribution in [2.75, 3.05) is 71.5 Å². The number of rotatable bonds is 9. The number of nitrogens with one attached hydrogen (secondary N) is 1. The van der Waals surface area contributed by atoms with E-state index >= 15 is 4.39 Å². The van der Waals surface area contributed by atoms with Crippen LogP contribution < -0.4 is 10.2 Å². The van der Waals surface area contributed by atoms with Crippen LogP contribution in [0.4, 0.5) is 10.1 Å². The minimum absolute atomic E-state index is 0.00714. The Labute approximate surface area is 255 Å². The maximum absolute atomic E-state index is 16.4. The van der Waals surface area contributed by atoms with Crippen LogP contribution in [0.15, 0.2) is 18.2 Å². The molecule has 10 heteroatoms. The zero-order valence-electron chi connectivity index (χ0n) is 25.5. The molecular formula is C32H48ClFN4O4. The van der Waals surface area contributed by atoms with E-state index in [-0.39, 0.29) is 42.5 Å². The molecule has 0 unspecified atom stereocenters. The lowest BCUT2D eigenvalue weighted by Crippen LogP contribution is -2.48. The molecule has 1 saturated carbocycles. The molecule has 4 aliphatic rings. The van der Waals surface area contributed by atoms with Crippen molar-refractivity contribution in [3.05, 3.63) is 28.8 Å². The first kappa shape index (κ1) is 31.5. The Hall–Kier alpha value is -1.94. The lowest BCUT2D eigenvalue weighted by atomic mass is 9.87. The van der Waals surface area contributed by atoms with Gasteiger partial charge in [-0.3, -0.25) is 14.5 Å². The summed E-state index contributed by atoms with van der Waals surface area (Å²) in [6.07, 6.45) is 6.07. The SMILES string of the molecule is CCNC(=O)C1CCN(c2cc(Cl)ccc2[C@H]2CN(C(=O)[C@@]3(F)CCN(C4CCC(OC)CC4)C3)C[C@@H]2COC)CC1. The number of carbonyl (C=O) groups excluding carboxylic acids is 2. The number of likely N-dealkylation sites (tertiary alicyclic amines) is 2. The summed E-state index contributed by atoms with van der Waals surface area (Å²) in [7, 11) is 3.44. The Balaban J connectivity index is 1.28. The quantitative estimate of drug-likeness (QED) is 0.453. The third kappa shape index (κ3) is 6.74. The fraction of sp³-hybridized carbons (Fsp3) is 0.750. The van der Waals surface area contributed by atoms with E-state index in [0.717, 1.165) is 62.9 Å². The van der Waals surface area contributed by atoms with E-state index in [1.165, 1.54) is 0 Å². The maximum Gasteiger partial charge on any atom is 0.261 e. The van der Waals surface area contributed by atoms with Crippen molar-refractivity contribution in [2.45, 2.75) is 75.6 Å². The van der Waals surface area contributed by atoms with Gasteiger partial charge in [0.05, 0.1) is 12.7 Å². The molecule has 3 aliphatic heterocycles. The average molecular weight is 607 g/mol. The Morgan fingerprint density at radius 3 is 2.48 bits per heavy atom. The normalized spacial score (nSPS) is 31.1. The molecule has 5 rings (SSSR count). The number of hydrogen-bond donors (Lipinski definition) is 1. The number of hydrogen-bond acceptors (Lipinski definition) is 6. The number of piperidine rings is 1. The smallest absolute Gasteiger partial charge is 0.261 e. The van der Waals surface area contributed by atoms with Gasteiger partial charge in [0.1, 0.15) is 0 Å². The first-order chi connectivity index (χ1) is 20.3. The van der Waals surface area contributed by atoms with Crippen LogP contribution in [-0.2, 0) is 19.1 Å². The zero-order chi connectivity index (χ0) is 29.9. The van der Waals surface area contributed by atoms with Gasteiger partial charge < -0.3 is 24.6 Å². The monoisotopic (exact) mass is 606 g/mol. The number of methoxy groups -OCH3 is 2. The largest absolute Gasteiger partial charge is 0.384 e. The third-order valence-electron chi connectivity index (χ3n) is 10.2. The number of ether oxygens (including phenoxy) is 2. The van der Waals surface area contributed by atoms with Gasteiger partial charge in [-0.25, -0.2) is 4.39 Å². The van der Waals surface area contributed by atoms with Gasteiger partial charge in [0, 0.05) is 101 Å². The van der Waals surface area contributed by atoms with Gasteiger partial charge in [-0.2, -0.15) is 0 Å². The van der Waals surface area contributed by atoms with E-state index < -0.39 is 5.67 Å². The number of benzene rings is 1. The standard InChI is InChI=1S/C32H48ClFN4O4/c1-4-35-30(39)22-11-14-36(15-12-22)29-17-24(33)5-10-27(29)28-19-38(18-23(28)20-41-2)31(40)32(34)13-16-37(21-32)25-6-8-26(42-3)9-7-25/h5,10,17,22-23,25-26,28H,4,6-9,11-16,18-21H2,1-3H3,(H,35,39)/t23-,25?,26?,28+,32-/m1/s1. The van der Waals surface area contributed by atoms with Crippen molar-refractivity contribution >= 4 is 29.1 Å². The van der Waals surface area contributed by atoms with E-state index in [1.54, 1.807) is 19.1 Å². The molecule has 3 saturated heterocycles. The Bertz CT molecular complexity index is 1090. The van der Waals surface area contributed by atoms with Crippen molar-refractivity contribution in [1.82, 2.24) is 15.1 Å². The minimum Gasteiger partial charge on any atom is -0.384 e.